The summed E-state index contributed by atoms with van der Waals surface area (Å²) in [6.45, 7) is 2.76. The van der Waals surface area contributed by atoms with Crippen molar-refractivity contribution in [2.75, 3.05) is 25.0 Å². The van der Waals surface area contributed by atoms with E-state index in [1.54, 1.807) is 4.90 Å². The first kappa shape index (κ1) is 17.7. The van der Waals surface area contributed by atoms with E-state index in [1.807, 2.05) is 0 Å². The summed E-state index contributed by atoms with van der Waals surface area (Å²) in [6, 6.07) is 3.34. The lowest BCUT2D eigenvalue weighted by Gasteiger charge is -2.29. The minimum absolute atomic E-state index is 0.0321. The summed E-state index contributed by atoms with van der Waals surface area (Å²) in [5.74, 6) is -0.155. The van der Waals surface area contributed by atoms with E-state index in [2.05, 4.69) is 10.0 Å². The van der Waals surface area contributed by atoms with Gasteiger partial charge in [0.05, 0.1) is 16.6 Å². The molecule has 2 N–H and O–H groups in total. The van der Waals surface area contributed by atoms with E-state index in [1.165, 1.54) is 25.1 Å². The third-order valence-electron chi connectivity index (χ3n) is 4.26. The van der Waals surface area contributed by atoms with E-state index < -0.39 is 16.1 Å². The number of carbonyl (C=O) groups excluding carboxylic acids is 2. The van der Waals surface area contributed by atoms with Crippen LogP contribution in [0.25, 0.3) is 0 Å². The van der Waals surface area contributed by atoms with Crippen molar-refractivity contribution < 1.29 is 22.7 Å². The molecule has 0 aliphatic carbocycles. The Balaban J connectivity index is 1.74. The Bertz CT molecular complexity index is 787. The molecule has 9 heteroatoms. The van der Waals surface area contributed by atoms with Gasteiger partial charge in [0.2, 0.25) is 15.9 Å². The van der Waals surface area contributed by atoms with Gasteiger partial charge in [-0.05, 0) is 44.4 Å². The van der Waals surface area contributed by atoms with Crippen LogP contribution in [-0.4, -0.2) is 50.9 Å². The van der Waals surface area contributed by atoms with Crippen LogP contribution in [0.2, 0.25) is 0 Å². The van der Waals surface area contributed by atoms with E-state index in [-0.39, 0.29) is 23.3 Å². The Kier molecular flexibility index (Phi) is 4.96. The minimum atomic E-state index is -3.90. The van der Waals surface area contributed by atoms with Gasteiger partial charge < -0.3 is 15.0 Å². The van der Waals surface area contributed by atoms with E-state index in [0.717, 1.165) is 19.3 Å². The average Bonchev–Trinajstić information content (AvgIpc) is 2.60. The summed E-state index contributed by atoms with van der Waals surface area (Å²) < 4.78 is 32.8. The van der Waals surface area contributed by atoms with Gasteiger partial charge in [0, 0.05) is 13.1 Å². The highest BCUT2D eigenvalue weighted by molar-refractivity contribution is 7.89. The maximum atomic E-state index is 12.6. The number of amides is 2. The van der Waals surface area contributed by atoms with Gasteiger partial charge in [0.25, 0.3) is 5.91 Å². The SMILES string of the molecule is C[C@H](NS(=O)(=O)c1ccc2c(c1)NC(=O)CO2)C(=O)N1CCCCC1. The third-order valence-corrected chi connectivity index (χ3v) is 5.80. The summed E-state index contributed by atoms with van der Waals surface area (Å²) in [7, 11) is -3.90. The third kappa shape index (κ3) is 3.93. The molecule has 1 aromatic rings. The van der Waals surface area contributed by atoms with Crippen molar-refractivity contribution in [2.45, 2.75) is 37.1 Å². The second kappa shape index (κ2) is 7.01. The molecule has 3 rings (SSSR count). The van der Waals surface area contributed by atoms with Gasteiger partial charge in [0.15, 0.2) is 6.61 Å². The number of benzene rings is 1. The van der Waals surface area contributed by atoms with Crippen molar-refractivity contribution in [1.29, 1.82) is 0 Å². The van der Waals surface area contributed by atoms with Crippen LogP contribution < -0.4 is 14.8 Å². The second-order valence-electron chi connectivity index (χ2n) is 6.22. The van der Waals surface area contributed by atoms with Gasteiger partial charge in [0.1, 0.15) is 5.75 Å². The molecule has 1 fully saturated rings. The molecular formula is C16H21N3O5S. The van der Waals surface area contributed by atoms with Crippen LogP contribution in [0.4, 0.5) is 5.69 Å². The van der Waals surface area contributed by atoms with E-state index in [0.29, 0.717) is 24.5 Å². The lowest BCUT2D eigenvalue weighted by molar-refractivity contribution is -0.133. The van der Waals surface area contributed by atoms with Gasteiger partial charge in [-0.3, -0.25) is 9.59 Å². The smallest absolute Gasteiger partial charge is 0.262 e. The number of carbonyl (C=O) groups is 2. The summed E-state index contributed by atoms with van der Waals surface area (Å²) in [6.07, 6.45) is 2.97. The zero-order valence-electron chi connectivity index (χ0n) is 13.9. The average molecular weight is 367 g/mol. The molecule has 1 atom stereocenters. The van der Waals surface area contributed by atoms with Gasteiger partial charge in [-0.1, -0.05) is 0 Å². The quantitative estimate of drug-likeness (QED) is 0.815. The largest absolute Gasteiger partial charge is 0.482 e. The first-order valence-corrected chi connectivity index (χ1v) is 9.73. The molecule has 2 aliphatic rings. The Morgan fingerprint density at radius 1 is 1.28 bits per heavy atom. The molecule has 2 amide bonds. The van der Waals surface area contributed by atoms with Crippen LogP contribution in [0.5, 0.6) is 5.75 Å². The molecule has 0 saturated carbocycles. The Labute approximate surface area is 146 Å². The molecule has 0 radical (unpaired) electrons. The fraction of sp³-hybridized carbons (Fsp3) is 0.500. The second-order valence-corrected chi connectivity index (χ2v) is 7.94. The van der Waals surface area contributed by atoms with Crippen LogP contribution in [0, 0.1) is 0 Å². The number of hydrogen-bond donors (Lipinski definition) is 2. The van der Waals surface area contributed by atoms with E-state index in [9.17, 15) is 18.0 Å². The first-order chi connectivity index (χ1) is 11.9. The Morgan fingerprint density at radius 2 is 2.00 bits per heavy atom. The number of anilines is 1. The lowest BCUT2D eigenvalue weighted by atomic mass is 10.1. The number of hydrogen-bond acceptors (Lipinski definition) is 5. The number of sulfonamides is 1. The zero-order chi connectivity index (χ0) is 18.0. The summed E-state index contributed by atoms with van der Waals surface area (Å²) >= 11 is 0. The van der Waals surface area contributed by atoms with E-state index >= 15 is 0 Å². The van der Waals surface area contributed by atoms with Crippen molar-refractivity contribution in [2.24, 2.45) is 0 Å². The fourth-order valence-electron chi connectivity index (χ4n) is 2.97. The van der Waals surface area contributed by atoms with Crippen molar-refractivity contribution >= 4 is 27.5 Å². The van der Waals surface area contributed by atoms with Crippen molar-refractivity contribution in [3.8, 4) is 5.75 Å². The zero-order valence-corrected chi connectivity index (χ0v) is 14.8. The predicted molar refractivity (Wildman–Crippen MR) is 90.8 cm³/mol. The molecule has 136 valence electrons. The maximum absolute atomic E-state index is 12.6. The number of rotatable bonds is 4. The van der Waals surface area contributed by atoms with Gasteiger partial charge >= 0.3 is 0 Å². The molecular weight excluding hydrogens is 346 g/mol. The summed E-state index contributed by atoms with van der Waals surface area (Å²) in [5, 5.41) is 2.57. The first-order valence-electron chi connectivity index (χ1n) is 8.24. The highest BCUT2D eigenvalue weighted by Crippen LogP contribution is 2.30. The highest BCUT2D eigenvalue weighted by atomic mass is 32.2. The molecule has 0 bridgehead atoms. The standard InChI is InChI=1S/C16H21N3O5S/c1-11(16(21)19-7-3-2-4-8-19)18-25(22,23)12-5-6-14-13(9-12)17-15(20)10-24-14/h5-6,9,11,18H,2-4,7-8,10H2,1H3,(H,17,20)/t11-/m0/s1. The number of nitrogens with zero attached hydrogens (tertiary/aromatic N) is 1. The highest BCUT2D eigenvalue weighted by Gasteiger charge is 2.27. The fourth-order valence-corrected chi connectivity index (χ4v) is 4.19. The van der Waals surface area contributed by atoms with Crippen LogP contribution in [0.3, 0.4) is 0 Å². The monoisotopic (exact) mass is 367 g/mol. The molecule has 8 nitrogen and oxygen atoms in total. The van der Waals surface area contributed by atoms with E-state index in [4.69, 9.17) is 4.74 Å². The van der Waals surface area contributed by atoms with Crippen LogP contribution >= 0.6 is 0 Å². The molecule has 1 aromatic carbocycles. The van der Waals surface area contributed by atoms with Gasteiger partial charge in [-0.25, -0.2) is 8.42 Å². The maximum Gasteiger partial charge on any atom is 0.262 e. The van der Waals surface area contributed by atoms with Crippen molar-refractivity contribution in [3.63, 3.8) is 0 Å². The van der Waals surface area contributed by atoms with Gasteiger partial charge in [-0.2, -0.15) is 4.72 Å². The van der Waals surface area contributed by atoms with Gasteiger partial charge in [-0.15, -0.1) is 0 Å². The minimum Gasteiger partial charge on any atom is -0.482 e. The molecule has 0 spiro atoms. The molecule has 0 aromatic heterocycles. The molecule has 0 unspecified atom stereocenters. The van der Waals surface area contributed by atoms with Crippen molar-refractivity contribution in [1.82, 2.24) is 9.62 Å². The Hall–Kier alpha value is -2.13. The molecule has 25 heavy (non-hydrogen) atoms. The summed E-state index contributed by atoms with van der Waals surface area (Å²) in [4.78, 5) is 25.4. The molecule has 2 heterocycles. The van der Waals surface area contributed by atoms with Crippen LogP contribution in [0.15, 0.2) is 23.1 Å². The predicted octanol–water partition coefficient (Wildman–Crippen LogP) is 0.697. The normalized spacial score (nSPS) is 18.8. The van der Waals surface area contributed by atoms with Crippen LogP contribution in [-0.2, 0) is 19.6 Å². The lowest BCUT2D eigenvalue weighted by Crippen LogP contribution is -2.48. The number of nitrogens with one attached hydrogen (secondary N) is 2. The number of piperidine rings is 1. The van der Waals surface area contributed by atoms with Crippen molar-refractivity contribution in [3.05, 3.63) is 18.2 Å². The number of fused-ring (bicyclic) bond motifs is 1. The summed E-state index contributed by atoms with van der Waals surface area (Å²) in [5.41, 5.74) is 0.300. The topological polar surface area (TPSA) is 105 Å². The number of likely N-dealkylation sites (tertiary alicyclic amines) is 1. The number of ether oxygens (including phenoxy) is 1. The Morgan fingerprint density at radius 3 is 2.72 bits per heavy atom. The molecule has 1 saturated heterocycles. The van der Waals surface area contributed by atoms with Crippen LogP contribution in [0.1, 0.15) is 26.2 Å². The molecule has 2 aliphatic heterocycles.